The molecule has 3 aromatic rings. The van der Waals surface area contributed by atoms with E-state index in [4.69, 9.17) is 10.8 Å². The second-order valence-corrected chi connectivity index (χ2v) is 8.09. The Balaban J connectivity index is 1.74. The molecule has 0 aliphatic rings. The first-order valence-corrected chi connectivity index (χ1v) is 11.2. The minimum atomic E-state index is -1.22. The Kier molecular flexibility index (Phi) is 9.28. The number of nitrogens with two attached hydrogens (primary N) is 1. The van der Waals surface area contributed by atoms with Crippen LogP contribution in [0.5, 0.6) is 0 Å². The van der Waals surface area contributed by atoms with Gasteiger partial charge in [0, 0.05) is 43.0 Å². The summed E-state index contributed by atoms with van der Waals surface area (Å²) in [6.07, 6.45) is 6.32. The zero-order chi connectivity index (χ0) is 25.9. The van der Waals surface area contributed by atoms with Crippen LogP contribution in [0.2, 0.25) is 0 Å². The molecule has 36 heavy (non-hydrogen) atoms. The van der Waals surface area contributed by atoms with Crippen molar-refractivity contribution in [3.63, 3.8) is 0 Å². The molecular formula is C23H28N8O5. The fourth-order valence-corrected chi connectivity index (χ4v) is 3.45. The first-order valence-electron chi connectivity index (χ1n) is 11.2. The number of aromatic amines is 2. The van der Waals surface area contributed by atoms with Crippen LogP contribution < -0.4 is 21.7 Å². The molecule has 2 heterocycles. The highest BCUT2D eigenvalue weighted by Crippen LogP contribution is 2.06. The third-order valence-corrected chi connectivity index (χ3v) is 5.27. The van der Waals surface area contributed by atoms with Crippen molar-refractivity contribution in [1.82, 2.24) is 35.9 Å². The summed E-state index contributed by atoms with van der Waals surface area (Å²) in [6.45, 7) is -0.600. The number of carbonyl (C=O) groups excluding carboxylic acids is 3. The average Bonchev–Trinajstić information content (AvgIpc) is 3.56. The van der Waals surface area contributed by atoms with Gasteiger partial charge in [-0.05, 0) is 5.56 Å². The molecule has 13 heteroatoms. The number of amides is 3. The summed E-state index contributed by atoms with van der Waals surface area (Å²) in [5.74, 6) is -3.10. The fourth-order valence-electron chi connectivity index (χ4n) is 3.45. The normalized spacial score (nSPS) is 13.2. The molecule has 0 saturated carbocycles. The summed E-state index contributed by atoms with van der Waals surface area (Å²) in [5, 5.41) is 16.5. The van der Waals surface area contributed by atoms with Gasteiger partial charge in [-0.25, -0.2) is 9.97 Å². The van der Waals surface area contributed by atoms with Crippen LogP contribution in [0.25, 0.3) is 0 Å². The van der Waals surface area contributed by atoms with Crippen LogP contribution in [-0.4, -0.2) is 73.4 Å². The summed E-state index contributed by atoms with van der Waals surface area (Å²) >= 11 is 0. The summed E-state index contributed by atoms with van der Waals surface area (Å²) in [4.78, 5) is 63.2. The topological polar surface area (TPSA) is 208 Å². The van der Waals surface area contributed by atoms with Crippen molar-refractivity contribution >= 4 is 23.7 Å². The van der Waals surface area contributed by atoms with Crippen molar-refractivity contribution < 1.29 is 24.3 Å². The van der Waals surface area contributed by atoms with Gasteiger partial charge in [-0.2, -0.15) is 0 Å². The number of carbonyl (C=O) groups is 4. The molecule has 3 rings (SSSR count). The van der Waals surface area contributed by atoms with Gasteiger partial charge in [0.15, 0.2) is 0 Å². The van der Waals surface area contributed by atoms with Gasteiger partial charge in [-0.3, -0.25) is 19.2 Å². The van der Waals surface area contributed by atoms with Gasteiger partial charge >= 0.3 is 5.97 Å². The maximum absolute atomic E-state index is 13.3. The number of nitrogens with one attached hydrogen (secondary N) is 5. The molecule has 0 aliphatic heterocycles. The quantitative estimate of drug-likeness (QED) is 0.150. The van der Waals surface area contributed by atoms with Crippen LogP contribution >= 0.6 is 0 Å². The molecule has 3 amide bonds. The molecule has 2 aromatic heterocycles. The number of aromatic nitrogens is 4. The van der Waals surface area contributed by atoms with Gasteiger partial charge in [0.05, 0.1) is 18.7 Å². The summed E-state index contributed by atoms with van der Waals surface area (Å²) in [7, 11) is 0. The van der Waals surface area contributed by atoms with E-state index in [1.165, 1.54) is 18.9 Å². The standard InChI is InChI=1S/C23H28N8O5/c24-17(7-15-9-25-12-28-15)21(34)30-19(8-16-10-26-13-29-16)23(36)31-18(22(35)27-11-20(32)33)6-14-4-2-1-3-5-14/h1-5,9-10,12-13,17-19H,6-8,11,24H2,(H,25,28)(H,26,29)(H,27,35)(H,30,34)(H,31,36)(H,32,33). The van der Waals surface area contributed by atoms with E-state index >= 15 is 0 Å². The lowest BCUT2D eigenvalue weighted by Crippen LogP contribution is -2.57. The van der Waals surface area contributed by atoms with E-state index in [0.717, 1.165) is 5.56 Å². The number of carboxylic acid groups (broad SMARTS) is 1. The number of benzene rings is 1. The van der Waals surface area contributed by atoms with Crippen LogP contribution in [-0.2, 0) is 38.4 Å². The third-order valence-electron chi connectivity index (χ3n) is 5.27. The predicted molar refractivity (Wildman–Crippen MR) is 127 cm³/mol. The molecular weight excluding hydrogens is 468 g/mol. The van der Waals surface area contributed by atoms with E-state index in [2.05, 4.69) is 35.9 Å². The molecule has 3 unspecified atom stereocenters. The number of aliphatic carboxylic acids is 1. The van der Waals surface area contributed by atoms with Gasteiger partial charge in [0.1, 0.15) is 18.6 Å². The Morgan fingerprint density at radius 3 is 2.00 bits per heavy atom. The van der Waals surface area contributed by atoms with Crippen molar-refractivity contribution in [1.29, 1.82) is 0 Å². The zero-order valence-electron chi connectivity index (χ0n) is 19.3. The molecule has 0 spiro atoms. The fraction of sp³-hybridized carbons (Fsp3) is 0.304. The average molecular weight is 497 g/mol. The highest BCUT2D eigenvalue weighted by atomic mass is 16.4. The highest BCUT2D eigenvalue weighted by molar-refractivity contribution is 5.94. The number of H-pyrrole nitrogens is 2. The third kappa shape index (κ3) is 8.06. The molecule has 0 saturated heterocycles. The largest absolute Gasteiger partial charge is 0.480 e. The molecule has 3 atom stereocenters. The Morgan fingerprint density at radius 1 is 0.833 bits per heavy atom. The molecule has 1 aromatic carbocycles. The minimum Gasteiger partial charge on any atom is -0.480 e. The Morgan fingerprint density at radius 2 is 1.42 bits per heavy atom. The second-order valence-electron chi connectivity index (χ2n) is 8.09. The van der Waals surface area contributed by atoms with E-state index in [9.17, 15) is 19.2 Å². The van der Waals surface area contributed by atoms with Gasteiger partial charge in [-0.15, -0.1) is 0 Å². The smallest absolute Gasteiger partial charge is 0.322 e. The number of nitrogens with zero attached hydrogens (tertiary/aromatic N) is 2. The Hall–Kier alpha value is -4.52. The van der Waals surface area contributed by atoms with Crippen LogP contribution in [0.15, 0.2) is 55.4 Å². The number of hydrogen-bond acceptors (Lipinski definition) is 7. The van der Waals surface area contributed by atoms with E-state index in [-0.39, 0.29) is 19.3 Å². The van der Waals surface area contributed by atoms with E-state index in [0.29, 0.717) is 11.4 Å². The van der Waals surface area contributed by atoms with Crippen molar-refractivity contribution in [2.45, 2.75) is 37.4 Å². The minimum absolute atomic E-state index is 0.0587. The molecule has 190 valence electrons. The molecule has 0 radical (unpaired) electrons. The molecule has 13 nitrogen and oxygen atoms in total. The number of carboxylic acids is 1. The molecule has 0 aliphatic carbocycles. The number of rotatable bonds is 13. The van der Waals surface area contributed by atoms with Crippen molar-refractivity contribution in [3.05, 3.63) is 72.3 Å². The second kappa shape index (κ2) is 12.8. The van der Waals surface area contributed by atoms with Gasteiger partial charge in [-0.1, -0.05) is 30.3 Å². The van der Waals surface area contributed by atoms with Crippen molar-refractivity contribution in [2.75, 3.05) is 6.54 Å². The van der Waals surface area contributed by atoms with Gasteiger partial charge in [0.25, 0.3) is 0 Å². The lowest BCUT2D eigenvalue weighted by Gasteiger charge is -2.24. The van der Waals surface area contributed by atoms with E-state index in [1.807, 2.05) is 6.07 Å². The Labute approximate surface area is 206 Å². The van der Waals surface area contributed by atoms with Crippen LogP contribution in [0.1, 0.15) is 17.0 Å². The van der Waals surface area contributed by atoms with Crippen molar-refractivity contribution in [2.24, 2.45) is 5.73 Å². The van der Waals surface area contributed by atoms with Crippen LogP contribution in [0, 0.1) is 0 Å². The first kappa shape index (κ1) is 26.1. The van der Waals surface area contributed by atoms with E-state index < -0.39 is 48.4 Å². The summed E-state index contributed by atoms with van der Waals surface area (Å²) in [6, 6.07) is 5.81. The first-order chi connectivity index (χ1) is 17.3. The predicted octanol–water partition coefficient (Wildman–Crippen LogP) is -1.34. The Bertz CT molecular complexity index is 1130. The molecule has 0 fully saturated rings. The number of imidazole rings is 2. The maximum atomic E-state index is 13.3. The molecule has 8 N–H and O–H groups in total. The van der Waals surface area contributed by atoms with Crippen LogP contribution in [0.4, 0.5) is 0 Å². The maximum Gasteiger partial charge on any atom is 0.322 e. The van der Waals surface area contributed by atoms with Gasteiger partial charge < -0.3 is 36.8 Å². The molecule has 0 bridgehead atoms. The van der Waals surface area contributed by atoms with Gasteiger partial charge in [0.2, 0.25) is 17.7 Å². The number of hydrogen-bond donors (Lipinski definition) is 7. The lowest BCUT2D eigenvalue weighted by atomic mass is 10.0. The lowest BCUT2D eigenvalue weighted by molar-refractivity contribution is -0.138. The highest BCUT2D eigenvalue weighted by Gasteiger charge is 2.29. The zero-order valence-corrected chi connectivity index (χ0v) is 19.3. The monoisotopic (exact) mass is 496 g/mol. The van der Waals surface area contributed by atoms with Crippen LogP contribution in [0.3, 0.4) is 0 Å². The summed E-state index contributed by atoms with van der Waals surface area (Å²) < 4.78 is 0. The SMILES string of the molecule is NC(Cc1cnc[nH]1)C(=O)NC(Cc1cnc[nH]1)C(=O)NC(Cc1ccccc1)C(=O)NCC(=O)O. The van der Waals surface area contributed by atoms with E-state index in [1.54, 1.807) is 30.5 Å². The van der Waals surface area contributed by atoms with Crippen molar-refractivity contribution in [3.8, 4) is 0 Å². The summed E-state index contributed by atoms with van der Waals surface area (Å²) in [5.41, 5.74) is 8.01.